The molecule has 0 aliphatic carbocycles. The first-order valence-corrected chi connectivity index (χ1v) is 5.21. The van der Waals surface area contributed by atoms with E-state index >= 15 is 0 Å². The van der Waals surface area contributed by atoms with Crippen LogP contribution in [0.1, 0.15) is 40.0 Å². The Kier molecular flexibility index (Phi) is 6.52. The first-order chi connectivity index (χ1) is 6.45. The highest BCUT2D eigenvalue weighted by atomic mass is 16.3. The Morgan fingerprint density at radius 1 is 1.43 bits per heavy atom. The molecule has 3 nitrogen and oxygen atoms in total. The predicted octanol–water partition coefficient (Wildman–Crippen LogP) is 1.68. The molecular weight excluding hydrogens is 176 g/mol. The number of nitriles is 1. The summed E-state index contributed by atoms with van der Waals surface area (Å²) in [6.07, 6.45) is 1.97. The molecule has 0 aliphatic heterocycles. The molecule has 0 spiro atoms. The maximum atomic E-state index is 9.61. The van der Waals surface area contributed by atoms with Gasteiger partial charge in [0, 0.05) is 13.0 Å². The molecule has 1 unspecified atom stereocenters. The van der Waals surface area contributed by atoms with Crippen molar-refractivity contribution >= 4 is 0 Å². The number of rotatable bonds is 6. The van der Waals surface area contributed by atoms with Gasteiger partial charge in [-0.25, -0.2) is 0 Å². The summed E-state index contributed by atoms with van der Waals surface area (Å²) in [5, 5.41) is 21.1. The van der Waals surface area contributed by atoms with Crippen molar-refractivity contribution in [1.29, 1.82) is 5.26 Å². The minimum atomic E-state index is -0.280. The molecule has 0 amide bonds. The summed E-state index contributed by atoms with van der Waals surface area (Å²) in [5.74, 6) is 0. The van der Waals surface area contributed by atoms with Crippen LogP contribution in [0.2, 0.25) is 0 Å². The van der Waals surface area contributed by atoms with Crippen LogP contribution in [0.5, 0.6) is 0 Å². The SMILES string of the molecule is CC(C)(C)CC(O)CNCCCC#N. The molecule has 0 saturated heterocycles. The van der Waals surface area contributed by atoms with Crippen molar-refractivity contribution in [2.45, 2.75) is 46.1 Å². The average Bonchev–Trinajstić information content (AvgIpc) is 2.00. The lowest BCUT2D eigenvalue weighted by atomic mass is 9.89. The van der Waals surface area contributed by atoms with Gasteiger partial charge >= 0.3 is 0 Å². The smallest absolute Gasteiger partial charge is 0.0669 e. The molecular formula is C11H22N2O. The van der Waals surface area contributed by atoms with Gasteiger partial charge in [0.2, 0.25) is 0 Å². The number of unbranched alkanes of at least 4 members (excludes halogenated alkanes) is 1. The average molecular weight is 198 g/mol. The fourth-order valence-corrected chi connectivity index (χ4v) is 1.34. The normalized spacial score (nSPS) is 13.6. The first kappa shape index (κ1) is 13.4. The highest BCUT2D eigenvalue weighted by Crippen LogP contribution is 2.20. The zero-order valence-electron chi connectivity index (χ0n) is 9.51. The lowest BCUT2D eigenvalue weighted by Gasteiger charge is -2.22. The Balaban J connectivity index is 3.37. The Morgan fingerprint density at radius 3 is 2.57 bits per heavy atom. The van der Waals surface area contributed by atoms with Crippen molar-refractivity contribution < 1.29 is 5.11 Å². The van der Waals surface area contributed by atoms with E-state index in [4.69, 9.17) is 5.26 Å². The molecule has 0 fully saturated rings. The number of aliphatic hydroxyl groups is 1. The molecule has 0 radical (unpaired) electrons. The van der Waals surface area contributed by atoms with Crippen LogP contribution in [0.4, 0.5) is 0 Å². The molecule has 0 rings (SSSR count). The summed E-state index contributed by atoms with van der Waals surface area (Å²) in [6.45, 7) is 7.79. The van der Waals surface area contributed by atoms with E-state index in [9.17, 15) is 5.11 Å². The molecule has 82 valence electrons. The van der Waals surface area contributed by atoms with Crippen molar-refractivity contribution in [2.24, 2.45) is 5.41 Å². The summed E-state index contributed by atoms with van der Waals surface area (Å²) in [6, 6.07) is 2.09. The molecule has 0 aromatic heterocycles. The van der Waals surface area contributed by atoms with Crippen LogP contribution >= 0.6 is 0 Å². The summed E-state index contributed by atoms with van der Waals surface area (Å²) in [4.78, 5) is 0. The van der Waals surface area contributed by atoms with E-state index < -0.39 is 0 Å². The summed E-state index contributed by atoms with van der Waals surface area (Å²) < 4.78 is 0. The minimum Gasteiger partial charge on any atom is -0.392 e. The van der Waals surface area contributed by atoms with Gasteiger partial charge in [0.25, 0.3) is 0 Å². The summed E-state index contributed by atoms with van der Waals surface area (Å²) in [5.41, 5.74) is 0.174. The van der Waals surface area contributed by atoms with E-state index in [1.54, 1.807) is 0 Å². The van der Waals surface area contributed by atoms with E-state index in [-0.39, 0.29) is 11.5 Å². The Bertz CT molecular complexity index is 179. The number of hydrogen-bond donors (Lipinski definition) is 2. The van der Waals surface area contributed by atoms with E-state index in [1.165, 1.54) is 0 Å². The second kappa shape index (κ2) is 6.80. The minimum absolute atomic E-state index is 0.174. The van der Waals surface area contributed by atoms with Gasteiger partial charge in [-0.1, -0.05) is 20.8 Å². The van der Waals surface area contributed by atoms with Gasteiger partial charge in [-0.05, 0) is 24.8 Å². The summed E-state index contributed by atoms with van der Waals surface area (Å²) >= 11 is 0. The van der Waals surface area contributed by atoms with E-state index in [2.05, 4.69) is 32.2 Å². The van der Waals surface area contributed by atoms with Crippen molar-refractivity contribution in [3.05, 3.63) is 0 Å². The first-order valence-electron chi connectivity index (χ1n) is 5.21. The predicted molar refractivity (Wildman–Crippen MR) is 57.8 cm³/mol. The van der Waals surface area contributed by atoms with Crippen molar-refractivity contribution in [2.75, 3.05) is 13.1 Å². The molecule has 0 aromatic rings. The largest absolute Gasteiger partial charge is 0.392 e. The molecule has 14 heavy (non-hydrogen) atoms. The van der Waals surface area contributed by atoms with Crippen LogP contribution in [-0.2, 0) is 0 Å². The molecule has 1 atom stereocenters. The van der Waals surface area contributed by atoms with Crippen molar-refractivity contribution in [3.8, 4) is 6.07 Å². The van der Waals surface area contributed by atoms with Gasteiger partial charge in [0.05, 0.1) is 12.2 Å². The highest BCUT2D eigenvalue weighted by Gasteiger charge is 2.15. The fraction of sp³-hybridized carbons (Fsp3) is 0.909. The van der Waals surface area contributed by atoms with Gasteiger partial charge in [0.1, 0.15) is 0 Å². The lowest BCUT2D eigenvalue weighted by molar-refractivity contribution is 0.120. The number of aliphatic hydroxyl groups excluding tert-OH is 1. The maximum absolute atomic E-state index is 9.61. The molecule has 3 heteroatoms. The second-order valence-electron chi connectivity index (χ2n) is 4.88. The van der Waals surface area contributed by atoms with Crippen LogP contribution in [0, 0.1) is 16.7 Å². The van der Waals surface area contributed by atoms with Crippen LogP contribution in [0.3, 0.4) is 0 Å². The van der Waals surface area contributed by atoms with Crippen LogP contribution in [0.25, 0.3) is 0 Å². The number of nitrogens with one attached hydrogen (secondary N) is 1. The Hall–Kier alpha value is -0.590. The monoisotopic (exact) mass is 198 g/mol. The van der Waals surface area contributed by atoms with Gasteiger partial charge in [0.15, 0.2) is 0 Å². The molecule has 0 heterocycles. The highest BCUT2D eigenvalue weighted by molar-refractivity contribution is 4.71. The van der Waals surface area contributed by atoms with Crippen LogP contribution in [0.15, 0.2) is 0 Å². The van der Waals surface area contributed by atoms with E-state index in [0.717, 1.165) is 19.4 Å². The molecule has 2 N–H and O–H groups in total. The van der Waals surface area contributed by atoms with E-state index in [1.807, 2.05) is 0 Å². The zero-order chi connectivity index (χ0) is 11.0. The molecule has 0 aliphatic rings. The fourth-order valence-electron chi connectivity index (χ4n) is 1.34. The zero-order valence-corrected chi connectivity index (χ0v) is 9.51. The third-order valence-corrected chi connectivity index (χ3v) is 1.87. The standard InChI is InChI=1S/C11H22N2O/c1-11(2,3)8-10(14)9-13-7-5-4-6-12/h10,13-14H,4-5,7-9H2,1-3H3. The van der Waals surface area contributed by atoms with Crippen LogP contribution in [-0.4, -0.2) is 24.3 Å². The lowest BCUT2D eigenvalue weighted by Crippen LogP contribution is -2.30. The summed E-state index contributed by atoms with van der Waals surface area (Å²) in [7, 11) is 0. The van der Waals surface area contributed by atoms with Crippen molar-refractivity contribution in [1.82, 2.24) is 5.32 Å². The maximum Gasteiger partial charge on any atom is 0.0669 e. The molecule has 0 bridgehead atoms. The third kappa shape index (κ3) is 9.50. The second-order valence-corrected chi connectivity index (χ2v) is 4.88. The number of nitrogens with zero attached hydrogens (tertiary/aromatic N) is 1. The van der Waals surface area contributed by atoms with Gasteiger partial charge in [-0.3, -0.25) is 0 Å². The quantitative estimate of drug-likeness (QED) is 0.638. The Morgan fingerprint density at radius 2 is 2.07 bits per heavy atom. The third-order valence-electron chi connectivity index (χ3n) is 1.87. The van der Waals surface area contributed by atoms with Gasteiger partial charge < -0.3 is 10.4 Å². The van der Waals surface area contributed by atoms with E-state index in [0.29, 0.717) is 13.0 Å². The number of hydrogen-bond acceptors (Lipinski definition) is 3. The Labute approximate surface area is 87.1 Å². The topological polar surface area (TPSA) is 56.0 Å². The van der Waals surface area contributed by atoms with Crippen LogP contribution < -0.4 is 5.32 Å². The van der Waals surface area contributed by atoms with Gasteiger partial charge in [-0.2, -0.15) is 5.26 Å². The molecule has 0 saturated carbocycles. The van der Waals surface area contributed by atoms with Crippen molar-refractivity contribution in [3.63, 3.8) is 0 Å². The molecule has 0 aromatic carbocycles. The van der Waals surface area contributed by atoms with Gasteiger partial charge in [-0.15, -0.1) is 0 Å².